The molecule has 0 saturated carbocycles. The fourth-order valence-electron chi connectivity index (χ4n) is 2.88. The minimum absolute atomic E-state index is 0. The number of methoxy groups -OCH3 is 1. The molecule has 26 heavy (non-hydrogen) atoms. The van der Waals surface area contributed by atoms with Crippen LogP contribution in [0.25, 0.3) is 0 Å². The van der Waals surface area contributed by atoms with Crippen molar-refractivity contribution in [3.05, 3.63) is 53.6 Å². The zero-order valence-corrected chi connectivity index (χ0v) is 16.8. The quantitative estimate of drug-likeness (QED) is 0.751. The number of carbonyl (C=O) groups excluding carboxylic acids is 1. The third-order valence-corrected chi connectivity index (χ3v) is 5.61. The van der Waals surface area contributed by atoms with E-state index in [1.807, 2.05) is 48.5 Å². The van der Waals surface area contributed by atoms with Gasteiger partial charge in [0.2, 0.25) is 0 Å². The van der Waals surface area contributed by atoms with Crippen LogP contribution in [0.15, 0.2) is 58.3 Å². The van der Waals surface area contributed by atoms with Gasteiger partial charge in [-0.1, -0.05) is 29.4 Å². The Kier molecular flexibility index (Phi) is 7.80. The van der Waals surface area contributed by atoms with E-state index in [0.717, 1.165) is 33.6 Å². The summed E-state index contributed by atoms with van der Waals surface area (Å²) in [7, 11) is 1.61. The summed E-state index contributed by atoms with van der Waals surface area (Å²) >= 11 is 7.55. The molecule has 2 aromatic rings. The predicted octanol–water partition coefficient (Wildman–Crippen LogP) is 4.62. The van der Waals surface area contributed by atoms with Gasteiger partial charge in [-0.25, -0.2) is 0 Å². The third kappa shape index (κ3) is 5.15. The molecule has 0 unspecified atom stereocenters. The Morgan fingerprint density at radius 2 is 1.85 bits per heavy atom. The number of hydrogen-bond acceptors (Lipinski definition) is 4. The molecular formula is C19H22Cl2N2O2S. The Morgan fingerprint density at radius 3 is 2.50 bits per heavy atom. The van der Waals surface area contributed by atoms with Crippen LogP contribution in [-0.4, -0.2) is 31.7 Å². The second-order valence-electron chi connectivity index (χ2n) is 5.99. The highest BCUT2D eigenvalue weighted by atomic mass is 35.5. The maximum Gasteiger partial charge on any atom is 0.256 e. The summed E-state index contributed by atoms with van der Waals surface area (Å²) in [6, 6.07) is 15.5. The number of amides is 1. The monoisotopic (exact) mass is 412 g/mol. The van der Waals surface area contributed by atoms with Gasteiger partial charge in [-0.3, -0.25) is 4.79 Å². The van der Waals surface area contributed by atoms with Crippen LogP contribution in [0.5, 0.6) is 0 Å². The van der Waals surface area contributed by atoms with Crippen molar-refractivity contribution in [2.45, 2.75) is 28.2 Å². The van der Waals surface area contributed by atoms with Gasteiger partial charge in [-0.2, -0.15) is 0 Å². The number of piperidine rings is 1. The lowest BCUT2D eigenvalue weighted by molar-refractivity contribution is -0.140. The molecule has 7 heteroatoms. The Bertz CT molecular complexity index is 735. The first-order valence-corrected chi connectivity index (χ1v) is 9.42. The first-order valence-electron chi connectivity index (χ1n) is 8.22. The number of rotatable bonds is 5. The van der Waals surface area contributed by atoms with Crippen molar-refractivity contribution in [2.75, 3.05) is 25.5 Å². The van der Waals surface area contributed by atoms with E-state index in [2.05, 4.69) is 10.6 Å². The fraction of sp³-hybridized carbons (Fsp3) is 0.316. The van der Waals surface area contributed by atoms with Crippen molar-refractivity contribution in [2.24, 2.45) is 0 Å². The molecule has 1 fully saturated rings. The average Bonchev–Trinajstić information content (AvgIpc) is 2.64. The number of ether oxygens (including phenoxy) is 1. The summed E-state index contributed by atoms with van der Waals surface area (Å²) in [5.74, 6) is -0.0786. The number of carbonyl (C=O) groups is 1. The van der Waals surface area contributed by atoms with Gasteiger partial charge < -0.3 is 15.4 Å². The minimum Gasteiger partial charge on any atom is -0.368 e. The summed E-state index contributed by atoms with van der Waals surface area (Å²) < 4.78 is 5.58. The second kappa shape index (κ2) is 9.62. The van der Waals surface area contributed by atoms with Gasteiger partial charge >= 0.3 is 0 Å². The molecule has 2 aromatic carbocycles. The number of hydrogen-bond donors (Lipinski definition) is 2. The Hall–Kier alpha value is -1.24. The van der Waals surface area contributed by atoms with E-state index >= 15 is 0 Å². The molecule has 1 amide bonds. The molecule has 3 rings (SSSR count). The van der Waals surface area contributed by atoms with Crippen molar-refractivity contribution in [3.63, 3.8) is 0 Å². The lowest BCUT2D eigenvalue weighted by atomic mass is 9.91. The first kappa shape index (κ1) is 21.1. The summed E-state index contributed by atoms with van der Waals surface area (Å²) in [4.78, 5) is 14.9. The summed E-state index contributed by atoms with van der Waals surface area (Å²) in [5.41, 5.74) is 0.0313. The molecule has 0 spiro atoms. The highest BCUT2D eigenvalue weighted by Gasteiger charge is 2.39. The van der Waals surface area contributed by atoms with Crippen molar-refractivity contribution in [1.82, 2.24) is 5.32 Å². The van der Waals surface area contributed by atoms with Crippen LogP contribution in [0, 0.1) is 0 Å². The molecule has 2 N–H and O–H groups in total. The van der Waals surface area contributed by atoms with Crippen LogP contribution in [0.3, 0.4) is 0 Å². The average molecular weight is 413 g/mol. The van der Waals surface area contributed by atoms with E-state index in [9.17, 15) is 4.79 Å². The number of nitrogens with one attached hydrogen (secondary N) is 2. The molecule has 1 aliphatic rings. The molecule has 0 aromatic heterocycles. The minimum atomic E-state index is -0.745. The molecule has 1 aliphatic heterocycles. The van der Waals surface area contributed by atoms with Gasteiger partial charge in [0.15, 0.2) is 0 Å². The molecule has 1 saturated heterocycles. The molecule has 4 nitrogen and oxygen atoms in total. The normalized spacial score (nSPS) is 15.8. The van der Waals surface area contributed by atoms with Gasteiger partial charge in [0.05, 0.1) is 0 Å². The highest BCUT2D eigenvalue weighted by molar-refractivity contribution is 7.99. The van der Waals surface area contributed by atoms with Crippen LogP contribution in [0.2, 0.25) is 5.02 Å². The fourth-order valence-corrected chi connectivity index (χ4v) is 3.88. The van der Waals surface area contributed by atoms with Crippen LogP contribution >= 0.6 is 35.8 Å². The Morgan fingerprint density at radius 1 is 1.15 bits per heavy atom. The predicted molar refractivity (Wildman–Crippen MR) is 110 cm³/mol. The topological polar surface area (TPSA) is 50.4 Å². The van der Waals surface area contributed by atoms with Gasteiger partial charge in [0.1, 0.15) is 5.60 Å². The van der Waals surface area contributed by atoms with Gasteiger partial charge in [-0.05, 0) is 68.4 Å². The summed E-state index contributed by atoms with van der Waals surface area (Å²) in [6.07, 6.45) is 1.35. The van der Waals surface area contributed by atoms with Crippen molar-refractivity contribution in [1.29, 1.82) is 0 Å². The van der Waals surface area contributed by atoms with Crippen molar-refractivity contribution in [3.8, 4) is 0 Å². The zero-order valence-electron chi connectivity index (χ0n) is 14.5. The maximum absolute atomic E-state index is 12.7. The van der Waals surface area contributed by atoms with Crippen molar-refractivity contribution < 1.29 is 9.53 Å². The standard InChI is InChI=1S/C19H21ClN2O2S.ClH/c1-24-19(9-11-21-12-10-19)18(23)22-15-3-2-4-17(13-15)25-16-7-5-14(20)6-8-16;/h2-8,13,21H,9-12H2,1H3,(H,22,23);1H. The summed E-state index contributed by atoms with van der Waals surface area (Å²) in [5, 5.41) is 6.99. The lowest BCUT2D eigenvalue weighted by Gasteiger charge is -2.34. The molecule has 0 aliphatic carbocycles. The Labute approximate surface area is 169 Å². The maximum atomic E-state index is 12.7. The van der Waals surface area contributed by atoms with Crippen LogP contribution in [-0.2, 0) is 9.53 Å². The number of anilines is 1. The van der Waals surface area contributed by atoms with Gasteiger partial charge in [0, 0.05) is 27.6 Å². The van der Waals surface area contributed by atoms with E-state index < -0.39 is 5.60 Å². The molecular weight excluding hydrogens is 391 g/mol. The highest BCUT2D eigenvalue weighted by Crippen LogP contribution is 2.31. The van der Waals surface area contributed by atoms with E-state index in [1.54, 1.807) is 18.9 Å². The summed E-state index contributed by atoms with van der Waals surface area (Å²) in [6.45, 7) is 1.57. The largest absolute Gasteiger partial charge is 0.368 e. The van der Waals surface area contributed by atoms with Crippen LogP contribution in [0.1, 0.15) is 12.8 Å². The van der Waals surface area contributed by atoms with E-state index in [1.165, 1.54) is 0 Å². The van der Waals surface area contributed by atoms with Gasteiger partial charge in [0.25, 0.3) is 5.91 Å². The SMILES string of the molecule is COC1(C(=O)Nc2cccc(Sc3ccc(Cl)cc3)c2)CCNCC1.Cl. The smallest absolute Gasteiger partial charge is 0.256 e. The molecule has 0 bridgehead atoms. The Balaban J connectivity index is 0.00000243. The molecule has 0 atom stereocenters. The second-order valence-corrected chi connectivity index (χ2v) is 7.57. The van der Waals surface area contributed by atoms with E-state index in [0.29, 0.717) is 12.8 Å². The van der Waals surface area contributed by atoms with Crippen LogP contribution in [0.4, 0.5) is 5.69 Å². The van der Waals surface area contributed by atoms with Gasteiger partial charge in [-0.15, -0.1) is 12.4 Å². The first-order chi connectivity index (χ1) is 12.1. The van der Waals surface area contributed by atoms with E-state index in [4.69, 9.17) is 16.3 Å². The molecule has 140 valence electrons. The lowest BCUT2D eigenvalue weighted by Crippen LogP contribution is -2.51. The number of benzene rings is 2. The third-order valence-electron chi connectivity index (χ3n) is 4.36. The van der Waals surface area contributed by atoms with Crippen molar-refractivity contribution >= 4 is 47.4 Å². The van der Waals surface area contributed by atoms with Crippen LogP contribution < -0.4 is 10.6 Å². The molecule has 0 radical (unpaired) electrons. The van der Waals surface area contributed by atoms with E-state index in [-0.39, 0.29) is 18.3 Å². The number of halogens is 2. The zero-order chi connectivity index (χ0) is 17.7. The molecule has 1 heterocycles.